The van der Waals surface area contributed by atoms with Gasteiger partial charge in [-0.15, -0.1) is 11.8 Å². The van der Waals surface area contributed by atoms with E-state index in [2.05, 4.69) is 29.6 Å². The molecule has 3 rings (SSSR count). The second-order valence-corrected chi connectivity index (χ2v) is 7.98. The van der Waals surface area contributed by atoms with Crippen LogP contribution in [0.5, 0.6) is 0 Å². The van der Waals surface area contributed by atoms with Gasteiger partial charge in [-0.3, -0.25) is 0 Å². The Balaban J connectivity index is 1.60. The van der Waals surface area contributed by atoms with Crippen LogP contribution in [0.4, 0.5) is 4.79 Å². The lowest BCUT2D eigenvalue weighted by molar-refractivity contribution is 0.00972. The van der Waals surface area contributed by atoms with Crippen LogP contribution in [0.15, 0.2) is 65.6 Å². The number of carbonyl (C=O) groups is 1. The van der Waals surface area contributed by atoms with Crippen LogP contribution >= 0.6 is 11.8 Å². The summed E-state index contributed by atoms with van der Waals surface area (Å²) in [4.78, 5) is 13.2. The smallest absolute Gasteiger partial charge is 0.407 e. The summed E-state index contributed by atoms with van der Waals surface area (Å²) in [5, 5.41) is 3.37. The minimum absolute atomic E-state index is 0.0313. The van der Waals surface area contributed by atoms with Crippen molar-refractivity contribution in [1.82, 2.24) is 5.32 Å². The molecule has 1 aliphatic rings. The Labute approximate surface area is 165 Å². The Morgan fingerprint density at radius 2 is 1.78 bits per heavy atom. The van der Waals surface area contributed by atoms with Crippen molar-refractivity contribution < 1.29 is 14.3 Å². The van der Waals surface area contributed by atoms with Crippen LogP contribution in [0, 0.1) is 0 Å². The van der Waals surface area contributed by atoms with Gasteiger partial charge >= 0.3 is 6.09 Å². The van der Waals surface area contributed by atoms with Crippen molar-refractivity contribution in [2.24, 2.45) is 0 Å². The fraction of sp³-hybridized carbons (Fsp3) is 0.409. The Bertz CT molecular complexity index is 695. The molecule has 0 aromatic heterocycles. The topological polar surface area (TPSA) is 47.6 Å². The third-order valence-corrected chi connectivity index (χ3v) is 6.09. The predicted molar refractivity (Wildman–Crippen MR) is 109 cm³/mol. The van der Waals surface area contributed by atoms with E-state index in [4.69, 9.17) is 9.47 Å². The van der Waals surface area contributed by atoms with Crippen LogP contribution in [-0.4, -0.2) is 30.1 Å². The molecule has 1 fully saturated rings. The molecule has 0 heterocycles. The predicted octanol–water partition coefficient (Wildman–Crippen LogP) is 5.03. The highest BCUT2D eigenvalue weighted by atomic mass is 32.2. The van der Waals surface area contributed by atoms with Crippen molar-refractivity contribution in [2.45, 2.75) is 55.1 Å². The van der Waals surface area contributed by atoms with Crippen LogP contribution in [0.1, 0.15) is 31.7 Å². The molecule has 144 valence electrons. The first-order chi connectivity index (χ1) is 13.2. The molecule has 3 atom stereocenters. The normalized spacial score (nSPS) is 22.2. The zero-order valence-corrected chi connectivity index (χ0v) is 16.5. The summed E-state index contributed by atoms with van der Waals surface area (Å²) in [5.74, 6) is 0. The van der Waals surface area contributed by atoms with E-state index in [0.29, 0.717) is 18.5 Å². The first kappa shape index (κ1) is 19.8. The molecule has 4 nitrogen and oxygen atoms in total. The SMILES string of the molecule is CCOC(=O)N[C@@H]1C[C@@H](OCc2ccccc2)CC[C@H]1Sc1ccccc1. The molecule has 1 saturated carbocycles. The van der Waals surface area contributed by atoms with E-state index in [-0.39, 0.29) is 18.2 Å². The number of rotatable bonds is 7. The number of ether oxygens (including phenoxy) is 2. The molecule has 0 radical (unpaired) electrons. The lowest BCUT2D eigenvalue weighted by Crippen LogP contribution is -2.47. The van der Waals surface area contributed by atoms with Crippen molar-refractivity contribution in [3.05, 3.63) is 66.2 Å². The zero-order valence-electron chi connectivity index (χ0n) is 15.7. The Morgan fingerprint density at radius 1 is 1.07 bits per heavy atom. The number of amides is 1. The lowest BCUT2D eigenvalue weighted by Gasteiger charge is -2.36. The van der Waals surface area contributed by atoms with Crippen molar-refractivity contribution in [2.75, 3.05) is 6.61 Å². The monoisotopic (exact) mass is 385 g/mol. The van der Waals surface area contributed by atoms with E-state index in [9.17, 15) is 4.79 Å². The molecule has 0 bridgehead atoms. The molecular weight excluding hydrogens is 358 g/mol. The number of thioether (sulfide) groups is 1. The maximum atomic E-state index is 12.0. The molecular formula is C22H27NO3S. The van der Waals surface area contributed by atoms with E-state index < -0.39 is 0 Å². The van der Waals surface area contributed by atoms with Crippen LogP contribution < -0.4 is 5.32 Å². The van der Waals surface area contributed by atoms with Crippen LogP contribution in [0.2, 0.25) is 0 Å². The van der Waals surface area contributed by atoms with Gasteiger partial charge in [0, 0.05) is 16.2 Å². The maximum Gasteiger partial charge on any atom is 0.407 e. The number of nitrogens with one attached hydrogen (secondary N) is 1. The number of carbonyl (C=O) groups excluding carboxylic acids is 1. The van der Waals surface area contributed by atoms with Gasteiger partial charge in [-0.05, 0) is 43.9 Å². The number of hydrogen-bond donors (Lipinski definition) is 1. The number of benzene rings is 2. The van der Waals surface area contributed by atoms with E-state index in [1.807, 2.05) is 55.1 Å². The first-order valence-corrected chi connectivity index (χ1v) is 10.4. The molecule has 2 aromatic carbocycles. The summed E-state index contributed by atoms with van der Waals surface area (Å²) in [7, 11) is 0. The highest BCUT2D eigenvalue weighted by Crippen LogP contribution is 2.35. The highest BCUT2D eigenvalue weighted by molar-refractivity contribution is 8.00. The third-order valence-electron chi connectivity index (χ3n) is 4.68. The molecule has 0 aliphatic heterocycles. The quantitative estimate of drug-likeness (QED) is 0.726. The molecule has 2 aromatic rings. The fourth-order valence-electron chi connectivity index (χ4n) is 3.33. The average Bonchev–Trinajstić information content (AvgIpc) is 2.70. The van der Waals surface area contributed by atoms with Crippen molar-refractivity contribution in [3.8, 4) is 0 Å². The van der Waals surface area contributed by atoms with Crippen LogP contribution in [-0.2, 0) is 16.1 Å². The summed E-state index contributed by atoms with van der Waals surface area (Å²) in [6.45, 7) is 2.81. The van der Waals surface area contributed by atoms with E-state index in [1.54, 1.807) is 0 Å². The summed E-state index contributed by atoms with van der Waals surface area (Å²) in [6, 6.07) is 20.6. The van der Waals surface area contributed by atoms with Crippen molar-refractivity contribution in [3.63, 3.8) is 0 Å². The zero-order chi connectivity index (χ0) is 18.9. The van der Waals surface area contributed by atoms with E-state index in [0.717, 1.165) is 19.3 Å². The number of hydrogen-bond acceptors (Lipinski definition) is 4. The third kappa shape index (κ3) is 6.29. The standard InChI is InChI=1S/C22H27NO3S/c1-2-25-22(24)23-20-15-18(26-16-17-9-5-3-6-10-17)13-14-21(20)27-19-11-7-4-8-12-19/h3-12,18,20-21H,2,13-16H2,1H3,(H,23,24)/t18-,20+,21+/m0/s1. The Hall–Kier alpha value is -1.98. The van der Waals surface area contributed by atoms with Gasteiger partial charge in [0.1, 0.15) is 0 Å². The summed E-state index contributed by atoms with van der Waals surface area (Å²) in [5.41, 5.74) is 1.17. The summed E-state index contributed by atoms with van der Waals surface area (Å²) >= 11 is 1.82. The van der Waals surface area contributed by atoms with Gasteiger partial charge in [0.05, 0.1) is 19.3 Å². The van der Waals surface area contributed by atoms with Gasteiger partial charge in [0.25, 0.3) is 0 Å². The molecule has 1 aliphatic carbocycles. The molecule has 0 saturated heterocycles. The van der Waals surface area contributed by atoms with Crippen molar-refractivity contribution >= 4 is 17.9 Å². The van der Waals surface area contributed by atoms with Gasteiger partial charge in [0.15, 0.2) is 0 Å². The second kappa shape index (κ2) is 10.4. The largest absolute Gasteiger partial charge is 0.450 e. The van der Waals surface area contributed by atoms with Gasteiger partial charge in [-0.1, -0.05) is 48.5 Å². The van der Waals surface area contributed by atoms with E-state index in [1.165, 1.54) is 10.5 Å². The minimum Gasteiger partial charge on any atom is -0.450 e. The molecule has 0 unspecified atom stereocenters. The Morgan fingerprint density at radius 3 is 2.48 bits per heavy atom. The summed E-state index contributed by atoms with van der Waals surface area (Å²) in [6.07, 6.45) is 2.60. The first-order valence-electron chi connectivity index (χ1n) is 9.55. The summed E-state index contributed by atoms with van der Waals surface area (Å²) < 4.78 is 11.2. The molecule has 0 spiro atoms. The maximum absolute atomic E-state index is 12.0. The molecule has 27 heavy (non-hydrogen) atoms. The van der Waals surface area contributed by atoms with Gasteiger partial charge in [-0.25, -0.2) is 4.79 Å². The molecule has 1 N–H and O–H groups in total. The van der Waals surface area contributed by atoms with E-state index >= 15 is 0 Å². The second-order valence-electron chi connectivity index (χ2n) is 6.67. The molecule has 1 amide bonds. The van der Waals surface area contributed by atoms with Crippen LogP contribution in [0.25, 0.3) is 0 Å². The average molecular weight is 386 g/mol. The van der Waals surface area contributed by atoms with Crippen LogP contribution in [0.3, 0.4) is 0 Å². The molecule has 5 heteroatoms. The number of alkyl carbamates (subject to hydrolysis) is 1. The van der Waals surface area contributed by atoms with Gasteiger partial charge in [0.2, 0.25) is 0 Å². The van der Waals surface area contributed by atoms with Gasteiger partial charge in [-0.2, -0.15) is 0 Å². The van der Waals surface area contributed by atoms with Gasteiger partial charge < -0.3 is 14.8 Å². The lowest BCUT2D eigenvalue weighted by atomic mass is 9.92. The Kier molecular flexibility index (Phi) is 7.60. The minimum atomic E-state index is -0.343. The fourth-order valence-corrected chi connectivity index (χ4v) is 4.60. The van der Waals surface area contributed by atoms with Crippen molar-refractivity contribution in [1.29, 1.82) is 0 Å². The highest BCUT2D eigenvalue weighted by Gasteiger charge is 2.33.